The van der Waals surface area contributed by atoms with Gasteiger partial charge < -0.3 is 14.9 Å². The van der Waals surface area contributed by atoms with Crippen molar-refractivity contribution in [1.29, 1.82) is 0 Å². The number of aryl methyl sites for hydroxylation is 1. The second kappa shape index (κ2) is 11.9. The number of aliphatic hydroxyl groups is 2. The fraction of sp³-hybridized carbons (Fsp3) is 0.500. The number of hydrogen-bond acceptors (Lipinski definition) is 3. The van der Waals surface area contributed by atoms with Crippen molar-refractivity contribution >= 4 is 0 Å². The molecule has 0 amide bonds. The number of benzene rings is 2. The fourth-order valence-corrected chi connectivity index (χ4v) is 3.28. The van der Waals surface area contributed by atoms with Gasteiger partial charge in [-0.25, -0.2) is 8.78 Å². The molecule has 3 nitrogen and oxygen atoms in total. The minimum atomic E-state index is -2.44. The Hall–Kier alpha value is -1.98. The second-order valence-corrected chi connectivity index (χ2v) is 7.30. The first-order valence-corrected chi connectivity index (χ1v) is 10.1. The third-order valence-corrected chi connectivity index (χ3v) is 5.27. The smallest absolute Gasteiger partial charge is 0.263 e. The van der Waals surface area contributed by atoms with Crippen LogP contribution in [0.2, 0.25) is 0 Å². The van der Waals surface area contributed by atoms with Gasteiger partial charge in [0.05, 0.1) is 13.7 Å². The van der Waals surface area contributed by atoms with Crippen LogP contribution in [-0.4, -0.2) is 30.5 Å². The summed E-state index contributed by atoms with van der Waals surface area (Å²) in [5, 5.41) is 18.2. The molecule has 2 aromatic rings. The molecule has 5 heteroatoms. The van der Waals surface area contributed by atoms with Crippen LogP contribution < -0.4 is 4.74 Å². The van der Waals surface area contributed by atoms with E-state index in [0.29, 0.717) is 0 Å². The normalized spacial score (nSPS) is 18.1. The third kappa shape index (κ3) is 6.51. The Kier molecular flexibility index (Phi) is 10.3. The lowest BCUT2D eigenvalue weighted by atomic mass is 9.85. The second-order valence-electron chi connectivity index (χ2n) is 7.30. The summed E-state index contributed by atoms with van der Waals surface area (Å²) >= 11 is 0. The van der Waals surface area contributed by atoms with Crippen molar-refractivity contribution in [3.8, 4) is 5.75 Å². The maximum atomic E-state index is 12.3. The summed E-state index contributed by atoms with van der Waals surface area (Å²) in [5.41, 5.74) is 3.30. The van der Waals surface area contributed by atoms with E-state index in [9.17, 15) is 13.9 Å². The van der Waals surface area contributed by atoms with E-state index in [2.05, 4.69) is 19.1 Å². The monoisotopic (exact) mass is 408 g/mol. The van der Waals surface area contributed by atoms with E-state index in [4.69, 9.17) is 9.84 Å². The summed E-state index contributed by atoms with van der Waals surface area (Å²) in [4.78, 5) is 0. The molecule has 0 fully saturated rings. The topological polar surface area (TPSA) is 49.7 Å². The van der Waals surface area contributed by atoms with Crippen molar-refractivity contribution in [1.82, 2.24) is 0 Å². The highest BCUT2D eigenvalue weighted by molar-refractivity contribution is 5.44. The maximum Gasteiger partial charge on any atom is 0.263 e. The minimum Gasteiger partial charge on any atom is -0.497 e. The molecule has 2 atom stereocenters. The molecule has 29 heavy (non-hydrogen) atoms. The van der Waals surface area contributed by atoms with Gasteiger partial charge in [-0.15, -0.1) is 0 Å². The molecule has 0 saturated heterocycles. The van der Waals surface area contributed by atoms with Crippen molar-refractivity contribution in [2.75, 3.05) is 20.3 Å². The van der Waals surface area contributed by atoms with Crippen molar-refractivity contribution in [3.63, 3.8) is 0 Å². The predicted molar refractivity (Wildman–Crippen MR) is 114 cm³/mol. The molecular formula is C24H34F2O3. The Bertz CT molecular complexity index is 749. The molecule has 162 valence electrons. The lowest BCUT2D eigenvalue weighted by Gasteiger charge is -2.22. The Labute approximate surface area is 173 Å². The maximum absolute atomic E-state index is 12.3. The number of aliphatic hydroxyl groups excluding tert-OH is 2. The van der Waals surface area contributed by atoms with E-state index in [0.717, 1.165) is 24.2 Å². The van der Waals surface area contributed by atoms with Gasteiger partial charge in [0.25, 0.3) is 6.43 Å². The highest BCUT2D eigenvalue weighted by Gasteiger charge is 2.33. The Morgan fingerprint density at radius 2 is 1.72 bits per heavy atom. The number of hydrogen-bond donors (Lipinski definition) is 2. The zero-order chi connectivity index (χ0) is 22.0. The van der Waals surface area contributed by atoms with Crippen molar-refractivity contribution in [2.24, 2.45) is 0 Å². The van der Waals surface area contributed by atoms with Crippen LogP contribution in [0.5, 0.6) is 5.75 Å². The van der Waals surface area contributed by atoms with Crippen LogP contribution in [0.1, 0.15) is 68.7 Å². The molecule has 3 rings (SSSR count). The van der Waals surface area contributed by atoms with Crippen LogP contribution in [0.15, 0.2) is 42.5 Å². The average molecular weight is 409 g/mol. The van der Waals surface area contributed by atoms with E-state index in [1.807, 2.05) is 19.9 Å². The number of alkyl halides is 2. The highest BCUT2D eigenvalue weighted by atomic mass is 19.3. The quantitative estimate of drug-likeness (QED) is 0.673. The number of fused-ring (bicyclic) bond motifs is 1. The molecule has 0 spiro atoms. The zero-order valence-electron chi connectivity index (χ0n) is 18.1. The molecule has 0 bridgehead atoms. The van der Waals surface area contributed by atoms with Crippen molar-refractivity contribution in [2.45, 2.75) is 58.3 Å². The molecule has 1 aliphatic carbocycles. The Balaban J connectivity index is 0.000000268. The molecule has 1 aliphatic rings. The number of rotatable bonds is 5. The summed E-state index contributed by atoms with van der Waals surface area (Å²) < 4.78 is 29.7. The summed E-state index contributed by atoms with van der Waals surface area (Å²) in [5.74, 6) is 0.795. The number of methoxy groups -OCH3 is 1. The molecule has 0 aromatic heterocycles. The van der Waals surface area contributed by atoms with Crippen LogP contribution in [0.25, 0.3) is 0 Å². The zero-order valence-corrected chi connectivity index (χ0v) is 18.1. The molecule has 0 radical (unpaired) electrons. The fourth-order valence-electron chi connectivity index (χ4n) is 3.28. The predicted octanol–water partition coefficient (Wildman–Crippen LogP) is 5.64. The largest absolute Gasteiger partial charge is 0.497 e. The van der Waals surface area contributed by atoms with Crippen molar-refractivity contribution < 1.29 is 23.7 Å². The molecule has 0 saturated carbocycles. The highest BCUT2D eigenvalue weighted by Crippen LogP contribution is 2.39. The van der Waals surface area contributed by atoms with Gasteiger partial charge in [0.1, 0.15) is 5.75 Å². The van der Waals surface area contributed by atoms with Gasteiger partial charge in [-0.1, -0.05) is 52.0 Å². The molecule has 2 N–H and O–H groups in total. The molecule has 0 heterocycles. The van der Waals surface area contributed by atoms with Gasteiger partial charge in [-0.3, -0.25) is 0 Å². The Morgan fingerprint density at radius 3 is 2.28 bits per heavy atom. The van der Waals surface area contributed by atoms with Gasteiger partial charge in [0.15, 0.2) is 0 Å². The standard InChI is InChI=1S/C12H16O2.C10H12F2O.C2H6/c1-12(8-13)6-5-9-3-4-10(14-2)7-11(9)12;1-7(6-13)8-3-2-4-9(5-8)10(11)12;1-2/h3-4,7,13H,5-6,8H2,1-2H3;2-5,7,10,13H,6H2,1H3;1-2H3. The van der Waals surface area contributed by atoms with E-state index in [1.54, 1.807) is 26.2 Å². The summed E-state index contributed by atoms with van der Waals surface area (Å²) in [6.07, 6.45) is -0.339. The van der Waals surface area contributed by atoms with E-state index in [-0.39, 0.29) is 30.1 Å². The molecule has 0 aliphatic heterocycles. The molecule has 2 aromatic carbocycles. The summed E-state index contributed by atoms with van der Waals surface area (Å²) in [7, 11) is 1.67. The number of ether oxygens (including phenoxy) is 1. The van der Waals surface area contributed by atoms with Gasteiger partial charge in [-0.2, -0.15) is 0 Å². The minimum absolute atomic E-state index is 0.0119. The first-order valence-electron chi connectivity index (χ1n) is 10.1. The van der Waals surface area contributed by atoms with E-state index in [1.165, 1.54) is 23.3 Å². The van der Waals surface area contributed by atoms with Crippen LogP contribution in [-0.2, 0) is 11.8 Å². The van der Waals surface area contributed by atoms with Gasteiger partial charge in [-0.05, 0) is 47.7 Å². The first kappa shape index (κ1) is 25.1. The van der Waals surface area contributed by atoms with Crippen LogP contribution >= 0.6 is 0 Å². The van der Waals surface area contributed by atoms with E-state index < -0.39 is 6.43 Å². The van der Waals surface area contributed by atoms with Gasteiger partial charge in [0.2, 0.25) is 0 Å². The van der Waals surface area contributed by atoms with Crippen LogP contribution in [0.3, 0.4) is 0 Å². The molecular weight excluding hydrogens is 374 g/mol. The summed E-state index contributed by atoms with van der Waals surface area (Å²) in [6, 6.07) is 12.3. The van der Waals surface area contributed by atoms with Gasteiger partial charge >= 0.3 is 0 Å². The third-order valence-electron chi connectivity index (χ3n) is 5.27. The lowest BCUT2D eigenvalue weighted by molar-refractivity contribution is 0.151. The Morgan fingerprint density at radius 1 is 1.07 bits per heavy atom. The molecule has 2 unspecified atom stereocenters. The SMILES string of the molecule is CC.CC(CO)c1cccc(C(F)F)c1.COc1ccc2c(c1)C(C)(CO)CC2. The number of halogens is 2. The van der Waals surface area contributed by atoms with Gasteiger partial charge in [0, 0.05) is 23.5 Å². The first-order chi connectivity index (χ1) is 13.8. The average Bonchev–Trinajstić information content (AvgIpc) is 3.11. The summed E-state index contributed by atoms with van der Waals surface area (Å²) in [6.45, 7) is 8.10. The van der Waals surface area contributed by atoms with E-state index >= 15 is 0 Å². The van der Waals surface area contributed by atoms with Crippen molar-refractivity contribution in [3.05, 3.63) is 64.7 Å². The van der Waals surface area contributed by atoms with Crippen LogP contribution in [0, 0.1) is 0 Å². The van der Waals surface area contributed by atoms with Crippen LogP contribution in [0.4, 0.5) is 8.78 Å². The lowest BCUT2D eigenvalue weighted by Crippen LogP contribution is -2.22.